The Morgan fingerprint density at radius 1 is 1.40 bits per heavy atom. The van der Waals surface area contributed by atoms with Crippen molar-refractivity contribution in [3.63, 3.8) is 0 Å². The number of hydrogen-bond donors (Lipinski definition) is 2. The maximum absolute atomic E-state index is 12.5. The lowest BCUT2D eigenvalue weighted by molar-refractivity contribution is 0.476. The van der Waals surface area contributed by atoms with E-state index in [1.54, 1.807) is 6.07 Å². The minimum atomic E-state index is -3.39. The summed E-state index contributed by atoms with van der Waals surface area (Å²) >= 11 is 1.50. The van der Waals surface area contributed by atoms with Gasteiger partial charge in [-0.1, -0.05) is 27.2 Å². The molecule has 0 saturated heterocycles. The van der Waals surface area contributed by atoms with Crippen LogP contribution in [0.3, 0.4) is 0 Å². The molecule has 0 radical (unpaired) electrons. The summed E-state index contributed by atoms with van der Waals surface area (Å²) in [6.45, 7) is 6.83. The number of sulfonamides is 1. The van der Waals surface area contributed by atoms with E-state index in [-0.39, 0.29) is 6.04 Å². The fourth-order valence-electron chi connectivity index (χ4n) is 2.58. The molecule has 1 aromatic rings. The van der Waals surface area contributed by atoms with Crippen LogP contribution in [0.1, 0.15) is 44.9 Å². The molecular weight excluding hydrogens is 292 g/mol. The lowest BCUT2D eigenvalue weighted by atomic mass is 10.1. The molecule has 1 fully saturated rings. The molecule has 2 rings (SSSR count). The molecule has 1 saturated carbocycles. The third-order valence-corrected chi connectivity index (χ3v) is 6.46. The smallest absolute Gasteiger partial charge is 0.241 e. The zero-order valence-electron chi connectivity index (χ0n) is 12.3. The Morgan fingerprint density at radius 2 is 2.15 bits per heavy atom. The molecule has 1 aliphatic carbocycles. The Bertz CT molecular complexity index is 537. The number of rotatable bonds is 6. The van der Waals surface area contributed by atoms with Gasteiger partial charge in [0.1, 0.15) is 0 Å². The van der Waals surface area contributed by atoms with Crippen LogP contribution >= 0.6 is 11.3 Å². The van der Waals surface area contributed by atoms with Crippen LogP contribution in [0.4, 0.5) is 0 Å². The molecular formula is C14H24N2O2S2. The van der Waals surface area contributed by atoms with Crippen LogP contribution in [0.2, 0.25) is 0 Å². The Balaban J connectivity index is 2.11. The van der Waals surface area contributed by atoms with Crippen LogP contribution in [-0.4, -0.2) is 20.5 Å². The molecule has 0 aliphatic heterocycles. The minimum absolute atomic E-state index is 0.0887. The molecule has 114 valence electrons. The average molecular weight is 316 g/mol. The SMILES string of the molecule is CC(C)NCc1sccc1S(=O)(=O)NC1CCCC1C. The van der Waals surface area contributed by atoms with Crippen molar-refractivity contribution in [1.82, 2.24) is 10.0 Å². The van der Waals surface area contributed by atoms with Gasteiger partial charge in [0, 0.05) is 23.5 Å². The van der Waals surface area contributed by atoms with E-state index in [4.69, 9.17) is 0 Å². The van der Waals surface area contributed by atoms with E-state index in [1.807, 2.05) is 5.38 Å². The molecule has 0 aromatic carbocycles. The Labute approximate surface area is 126 Å². The monoisotopic (exact) mass is 316 g/mol. The first-order valence-electron chi connectivity index (χ1n) is 7.22. The van der Waals surface area contributed by atoms with Crippen LogP contribution < -0.4 is 10.0 Å². The van der Waals surface area contributed by atoms with Gasteiger partial charge in [-0.25, -0.2) is 13.1 Å². The topological polar surface area (TPSA) is 58.2 Å². The van der Waals surface area contributed by atoms with Gasteiger partial charge >= 0.3 is 0 Å². The third kappa shape index (κ3) is 3.81. The summed E-state index contributed by atoms with van der Waals surface area (Å²) < 4.78 is 27.9. The second kappa shape index (κ2) is 6.56. The van der Waals surface area contributed by atoms with Crippen LogP contribution in [0, 0.1) is 5.92 Å². The highest BCUT2D eigenvalue weighted by molar-refractivity contribution is 7.89. The van der Waals surface area contributed by atoms with E-state index >= 15 is 0 Å². The first kappa shape index (κ1) is 15.9. The van der Waals surface area contributed by atoms with Gasteiger partial charge in [-0.2, -0.15) is 0 Å². The summed E-state index contributed by atoms with van der Waals surface area (Å²) in [5.41, 5.74) is 0. The van der Waals surface area contributed by atoms with Gasteiger partial charge in [-0.15, -0.1) is 11.3 Å². The van der Waals surface area contributed by atoms with E-state index in [0.717, 1.165) is 24.1 Å². The van der Waals surface area contributed by atoms with E-state index < -0.39 is 10.0 Å². The quantitative estimate of drug-likeness (QED) is 0.848. The molecule has 2 unspecified atom stereocenters. The fraction of sp³-hybridized carbons (Fsp3) is 0.714. The summed E-state index contributed by atoms with van der Waals surface area (Å²) in [6, 6.07) is 2.14. The summed E-state index contributed by atoms with van der Waals surface area (Å²) in [4.78, 5) is 1.33. The van der Waals surface area contributed by atoms with Gasteiger partial charge in [0.2, 0.25) is 10.0 Å². The third-order valence-electron chi connectivity index (χ3n) is 3.83. The van der Waals surface area contributed by atoms with Crippen molar-refractivity contribution in [2.75, 3.05) is 0 Å². The molecule has 0 spiro atoms. The van der Waals surface area contributed by atoms with E-state index in [2.05, 4.69) is 30.8 Å². The Hall–Kier alpha value is -0.430. The molecule has 1 heterocycles. The summed E-state index contributed by atoms with van der Waals surface area (Å²) in [5.74, 6) is 0.431. The van der Waals surface area contributed by atoms with Crippen LogP contribution in [0.25, 0.3) is 0 Å². The van der Waals surface area contributed by atoms with Crippen molar-refractivity contribution in [1.29, 1.82) is 0 Å². The molecule has 2 atom stereocenters. The highest BCUT2D eigenvalue weighted by Crippen LogP contribution is 2.28. The van der Waals surface area contributed by atoms with Gasteiger partial charge in [-0.3, -0.25) is 0 Å². The van der Waals surface area contributed by atoms with Crippen molar-refractivity contribution >= 4 is 21.4 Å². The van der Waals surface area contributed by atoms with Crippen molar-refractivity contribution in [2.24, 2.45) is 5.92 Å². The average Bonchev–Trinajstić information content (AvgIpc) is 2.96. The zero-order chi connectivity index (χ0) is 14.8. The maximum atomic E-state index is 12.5. The largest absolute Gasteiger partial charge is 0.310 e. The molecule has 1 aliphatic rings. The van der Waals surface area contributed by atoms with Crippen molar-refractivity contribution in [3.8, 4) is 0 Å². The second-order valence-corrected chi connectivity index (χ2v) is 8.56. The van der Waals surface area contributed by atoms with Crippen LogP contribution in [0.15, 0.2) is 16.3 Å². The van der Waals surface area contributed by atoms with Crippen molar-refractivity contribution in [3.05, 3.63) is 16.3 Å². The van der Waals surface area contributed by atoms with Gasteiger partial charge in [-0.05, 0) is 30.2 Å². The first-order chi connectivity index (χ1) is 9.40. The van der Waals surface area contributed by atoms with Crippen molar-refractivity contribution in [2.45, 2.75) is 63.6 Å². The van der Waals surface area contributed by atoms with Gasteiger partial charge in [0.25, 0.3) is 0 Å². The molecule has 2 N–H and O–H groups in total. The highest BCUT2D eigenvalue weighted by Gasteiger charge is 2.29. The molecule has 4 nitrogen and oxygen atoms in total. The number of thiophene rings is 1. The molecule has 1 aromatic heterocycles. The summed E-state index contributed by atoms with van der Waals surface area (Å²) in [5, 5.41) is 5.13. The maximum Gasteiger partial charge on any atom is 0.241 e. The predicted octanol–water partition coefficient (Wildman–Crippen LogP) is 2.71. The number of nitrogens with one attached hydrogen (secondary N) is 2. The Morgan fingerprint density at radius 3 is 2.75 bits per heavy atom. The first-order valence-corrected chi connectivity index (χ1v) is 9.58. The molecule has 6 heteroatoms. The molecule has 0 amide bonds. The Kier molecular flexibility index (Phi) is 5.23. The fourth-order valence-corrected chi connectivity index (χ4v) is 5.35. The number of hydrogen-bond acceptors (Lipinski definition) is 4. The minimum Gasteiger partial charge on any atom is -0.310 e. The lowest BCUT2D eigenvalue weighted by Crippen LogP contribution is -2.36. The predicted molar refractivity (Wildman–Crippen MR) is 83.4 cm³/mol. The van der Waals surface area contributed by atoms with E-state index in [0.29, 0.717) is 23.4 Å². The summed E-state index contributed by atoms with van der Waals surface area (Å²) in [7, 11) is -3.39. The van der Waals surface area contributed by atoms with E-state index in [1.165, 1.54) is 11.3 Å². The highest BCUT2D eigenvalue weighted by atomic mass is 32.2. The van der Waals surface area contributed by atoms with Crippen LogP contribution in [-0.2, 0) is 16.6 Å². The zero-order valence-corrected chi connectivity index (χ0v) is 14.0. The summed E-state index contributed by atoms with van der Waals surface area (Å²) in [6.07, 6.45) is 3.17. The van der Waals surface area contributed by atoms with Gasteiger partial charge in [0.05, 0.1) is 4.90 Å². The van der Waals surface area contributed by atoms with Crippen LogP contribution in [0.5, 0.6) is 0 Å². The molecule has 0 bridgehead atoms. The van der Waals surface area contributed by atoms with Crippen molar-refractivity contribution < 1.29 is 8.42 Å². The van der Waals surface area contributed by atoms with Gasteiger partial charge < -0.3 is 5.32 Å². The second-order valence-electron chi connectivity index (χ2n) is 5.88. The normalized spacial score (nSPS) is 23.6. The van der Waals surface area contributed by atoms with Gasteiger partial charge in [0.15, 0.2) is 0 Å². The standard InChI is InChI=1S/C14H24N2O2S2/c1-10(2)15-9-13-14(7-8-19-13)20(17,18)16-12-6-4-5-11(12)3/h7-8,10-12,15-16H,4-6,9H2,1-3H3. The lowest BCUT2D eigenvalue weighted by Gasteiger charge is -2.17. The molecule has 20 heavy (non-hydrogen) atoms. The van der Waals surface area contributed by atoms with E-state index in [9.17, 15) is 8.42 Å².